The van der Waals surface area contributed by atoms with E-state index in [2.05, 4.69) is 5.32 Å². The van der Waals surface area contributed by atoms with Crippen molar-refractivity contribution in [3.8, 4) is 5.75 Å². The molecule has 0 bridgehead atoms. The number of benzene rings is 2. The molecule has 0 fully saturated rings. The molecule has 0 unspecified atom stereocenters. The van der Waals surface area contributed by atoms with Gasteiger partial charge < -0.3 is 15.0 Å². The monoisotopic (exact) mass is 464 g/mol. The number of ether oxygens (including phenoxy) is 1. The zero-order valence-electron chi connectivity index (χ0n) is 18.5. The molecule has 1 N–H and O–H groups in total. The summed E-state index contributed by atoms with van der Waals surface area (Å²) < 4.78 is 5.31. The van der Waals surface area contributed by atoms with E-state index in [4.69, 9.17) is 27.9 Å². The molecule has 0 saturated carbocycles. The first-order valence-corrected chi connectivity index (χ1v) is 11.1. The van der Waals surface area contributed by atoms with Crippen molar-refractivity contribution in [3.05, 3.63) is 63.6 Å². The number of amides is 2. The highest BCUT2D eigenvalue weighted by Gasteiger charge is 2.29. The van der Waals surface area contributed by atoms with Crippen LogP contribution in [0.1, 0.15) is 38.3 Å². The quantitative estimate of drug-likeness (QED) is 0.530. The maximum absolute atomic E-state index is 13.4. The average molecular weight is 465 g/mol. The van der Waals surface area contributed by atoms with Crippen LogP contribution in [0.3, 0.4) is 0 Å². The standard InChI is InChI=1S/C24H30Cl2N2O3/c1-5-22(24(30)27-14-16(2)3)28(15-17-7-6-8-20(11-17)31-4)23(29)12-18-9-10-19(25)13-21(18)26/h6-11,13,16,22H,5,12,14-15H2,1-4H3,(H,27,30)/t22-/m0/s1. The minimum atomic E-state index is -0.594. The topological polar surface area (TPSA) is 58.6 Å². The van der Waals surface area contributed by atoms with Crippen molar-refractivity contribution in [1.82, 2.24) is 10.2 Å². The second-order valence-corrected chi connectivity index (χ2v) is 8.69. The number of nitrogens with zero attached hydrogens (tertiary/aromatic N) is 1. The summed E-state index contributed by atoms with van der Waals surface area (Å²) in [5.74, 6) is 0.674. The minimum absolute atomic E-state index is 0.0773. The van der Waals surface area contributed by atoms with E-state index in [0.717, 1.165) is 5.56 Å². The number of carbonyl (C=O) groups is 2. The lowest BCUT2D eigenvalue weighted by molar-refractivity contribution is -0.141. The molecular weight excluding hydrogens is 435 g/mol. The van der Waals surface area contributed by atoms with E-state index in [1.54, 1.807) is 30.2 Å². The van der Waals surface area contributed by atoms with Gasteiger partial charge >= 0.3 is 0 Å². The highest BCUT2D eigenvalue weighted by atomic mass is 35.5. The predicted octanol–water partition coefficient (Wildman–Crippen LogP) is 5.12. The van der Waals surface area contributed by atoms with Gasteiger partial charge in [0.05, 0.1) is 13.5 Å². The first kappa shape index (κ1) is 25.0. The second kappa shape index (κ2) is 12.0. The van der Waals surface area contributed by atoms with E-state index in [-0.39, 0.29) is 24.8 Å². The van der Waals surface area contributed by atoms with Crippen LogP contribution in [0.4, 0.5) is 0 Å². The van der Waals surface area contributed by atoms with Gasteiger partial charge in [0.15, 0.2) is 0 Å². The van der Waals surface area contributed by atoms with Crippen molar-refractivity contribution in [2.45, 2.75) is 46.2 Å². The van der Waals surface area contributed by atoms with Crippen molar-refractivity contribution in [1.29, 1.82) is 0 Å². The average Bonchev–Trinajstić information content (AvgIpc) is 2.74. The molecule has 0 aromatic heterocycles. The van der Waals surface area contributed by atoms with Gasteiger partial charge in [0.2, 0.25) is 11.8 Å². The highest BCUT2D eigenvalue weighted by Crippen LogP contribution is 2.23. The Labute approximate surface area is 194 Å². The zero-order chi connectivity index (χ0) is 23.0. The Kier molecular flexibility index (Phi) is 9.66. The molecule has 0 saturated heterocycles. The fourth-order valence-corrected chi connectivity index (χ4v) is 3.71. The lowest BCUT2D eigenvalue weighted by Gasteiger charge is -2.31. The van der Waals surface area contributed by atoms with Gasteiger partial charge in [-0.15, -0.1) is 0 Å². The molecule has 1 atom stereocenters. The van der Waals surface area contributed by atoms with E-state index in [1.165, 1.54) is 0 Å². The van der Waals surface area contributed by atoms with Crippen molar-refractivity contribution >= 4 is 35.0 Å². The van der Waals surface area contributed by atoms with Crippen LogP contribution in [0.15, 0.2) is 42.5 Å². The van der Waals surface area contributed by atoms with Gasteiger partial charge in [-0.05, 0) is 47.7 Å². The van der Waals surface area contributed by atoms with Crippen molar-refractivity contribution in [2.75, 3.05) is 13.7 Å². The number of rotatable bonds is 10. The van der Waals surface area contributed by atoms with Gasteiger partial charge in [-0.25, -0.2) is 0 Å². The van der Waals surface area contributed by atoms with E-state index < -0.39 is 6.04 Å². The van der Waals surface area contributed by atoms with Crippen molar-refractivity contribution in [2.24, 2.45) is 5.92 Å². The molecule has 7 heteroatoms. The molecule has 2 rings (SSSR count). The lowest BCUT2D eigenvalue weighted by Crippen LogP contribution is -2.50. The number of nitrogens with one attached hydrogen (secondary N) is 1. The molecule has 2 aromatic rings. The number of hydrogen-bond acceptors (Lipinski definition) is 3. The molecule has 0 heterocycles. The van der Waals surface area contributed by atoms with Crippen LogP contribution in [0.25, 0.3) is 0 Å². The van der Waals surface area contributed by atoms with Crippen molar-refractivity contribution < 1.29 is 14.3 Å². The predicted molar refractivity (Wildman–Crippen MR) is 126 cm³/mol. The van der Waals surface area contributed by atoms with Crippen LogP contribution in [0.2, 0.25) is 10.0 Å². The molecule has 0 aliphatic heterocycles. The molecule has 2 amide bonds. The summed E-state index contributed by atoms with van der Waals surface area (Å²) in [5, 5.41) is 3.90. The maximum Gasteiger partial charge on any atom is 0.242 e. The van der Waals surface area contributed by atoms with Gasteiger partial charge in [0.25, 0.3) is 0 Å². The lowest BCUT2D eigenvalue weighted by atomic mass is 10.1. The first-order valence-electron chi connectivity index (χ1n) is 10.4. The van der Waals surface area contributed by atoms with Gasteiger partial charge in [0.1, 0.15) is 11.8 Å². The number of carbonyl (C=O) groups excluding carboxylic acids is 2. The second-order valence-electron chi connectivity index (χ2n) is 7.85. The number of halogens is 2. The molecule has 0 aliphatic carbocycles. The largest absolute Gasteiger partial charge is 0.497 e. The SMILES string of the molecule is CC[C@@H](C(=O)NCC(C)C)N(Cc1cccc(OC)c1)C(=O)Cc1ccc(Cl)cc1Cl. The zero-order valence-corrected chi connectivity index (χ0v) is 20.0. The van der Waals surface area contributed by atoms with Crippen molar-refractivity contribution in [3.63, 3.8) is 0 Å². The Morgan fingerprint density at radius 1 is 1.13 bits per heavy atom. The van der Waals surface area contributed by atoms with Crippen LogP contribution < -0.4 is 10.1 Å². The fraction of sp³-hybridized carbons (Fsp3) is 0.417. The molecule has 168 valence electrons. The van der Waals surface area contributed by atoms with Gasteiger partial charge in [-0.3, -0.25) is 9.59 Å². The van der Waals surface area contributed by atoms with Gasteiger partial charge in [0, 0.05) is 23.1 Å². The Morgan fingerprint density at radius 2 is 1.87 bits per heavy atom. The molecule has 0 spiro atoms. The number of hydrogen-bond donors (Lipinski definition) is 1. The van der Waals surface area contributed by atoms with E-state index in [9.17, 15) is 9.59 Å². The van der Waals surface area contributed by atoms with Crippen LogP contribution in [-0.4, -0.2) is 36.4 Å². The van der Waals surface area contributed by atoms with Crippen LogP contribution in [0, 0.1) is 5.92 Å². The van der Waals surface area contributed by atoms with Crippen LogP contribution in [-0.2, 0) is 22.6 Å². The molecule has 5 nitrogen and oxygen atoms in total. The van der Waals surface area contributed by atoms with Gasteiger partial charge in [-0.2, -0.15) is 0 Å². The van der Waals surface area contributed by atoms with E-state index in [0.29, 0.717) is 40.2 Å². The third-order valence-electron chi connectivity index (χ3n) is 4.91. The number of methoxy groups -OCH3 is 1. The Hall–Kier alpha value is -2.24. The normalized spacial score (nSPS) is 11.8. The van der Waals surface area contributed by atoms with Gasteiger partial charge in [-0.1, -0.05) is 62.2 Å². The third-order valence-corrected chi connectivity index (χ3v) is 5.50. The molecule has 31 heavy (non-hydrogen) atoms. The Balaban J connectivity index is 2.32. The fourth-order valence-electron chi connectivity index (χ4n) is 3.24. The highest BCUT2D eigenvalue weighted by molar-refractivity contribution is 6.35. The first-order chi connectivity index (χ1) is 14.7. The summed E-state index contributed by atoms with van der Waals surface area (Å²) in [5.41, 5.74) is 1.55. The molecule has 2 aromatic carbocycles. The summed E-state index contributed by atoms with van der Waals surface area (Å²) >= 11 is 12.3. The third kappa shape index (κ3) is 7.44. The summed E-state index contributed by atoms with van der Waals surface area (Å²) in [6.07, 6.45) is 0.571. The van der Waals surface area contributed by atoms with Crippen LogP contribution in [0.5, 0.6) is 5.75 Å². The Morgan fingerprint density at radius 3 is 2.48 bits per heavy atom. The molecule has 0 radical (unpaired) electrons. The molecule has 0 aliphatic rings. The van der Waals surface area contributed by atoms with E-state index in [1.807, 2.05) is 45.0 Å². The molecular formula is C24H30Cl2N2O3. The minimum Gasteiger partial charge on any atom is -0.497 e. The Bertz CT molecular complexity index is 902. The van der Waals surface area contributed by atoms with Crippen LogP contribution >= 0.6 is 23.2 Å². The smallest absolute Gasteiger partial charge is 0.242 e. The summed E-state index contributed by atoms with van der Waals surface area (Å²) in [6, 6.07) is 12.0. The van der Waals surface area contributed by atoms with E-state index >= 15 is 0 Å². The summed E-state index contributed by atoms with van der Waals surface area (Å²) in [6.45, 7) is 6.81. The summed E-state index contributed by atoms with van der Waals surface area (Å²) in [7, 11) is 1.60. The maximum atomic E-state index is 13.4. The summed E-state index contributed by atoms with van der Waals surface area (Å²) in [4.78, 5) is 27.9.